The van der Waals surface area contributed by atoms with Crippen molar-refractivity contribution in [3.63, 3.8) is 0 Å². The first-order valence-corrected chi connectivity index (χ1v) is 8.74. The molecular formula is C14H13N3O2S2. The normalized spacial score (nSPS) is 14.2. The first kappa shape index (κ1) is 14.1. The van der Waals surface area contributed by atoms with E-state index in [4.69, 9.17) is 5.26 Å². The number of nitrogens with zero attached hydrogens (tertiary/aromatic N) is 1. The maximum absolute atomic E-state index is 12.3. The van der Waals surface area contributed by atoms with E-state index in [9.17, 15) is 8.42 Å². The van der Waals surface area contributed by atoms with Gasteiger partial charge >= 0.3 is 0 Å². The number of anilines is 1. The molecule has 1 aliphatic heterocycles. The molecule has 0 atom stereocenters. The molecule has 2 heterocycles. The third kappa shape index (κ3) is 2.93. The summed E-state index contributed by atoms with van der Waals surface area (Å²) in [6.45, 7) is 1.70. The average molecular weight is 319 g/mol. The molecule has 1 aliphatic rings. The number of benzene rings is 1. The lowest BCUT2D eigenvalue weighted by atomic mass is 10.0. The second kappa shape index (κ2) is 5.48. The van der Waals surface area contributed by atoms with Gasteiger partial charge in [0.05, 0.1) is 0 Å². The van der Waals surface area contributed by atoms with Gasteiger partial charge in [0.2, 0.25) is 0 Å². The van der Waals surface area contributed by atoms with E-state index in [1.165, 1.54) is 17.7 Å². The zero-order valence-electron chi connectivity index (χ0n) is 11.1. The molecule has 0 bridgehead atoms. The van der Waals surface area contributed by atoms with Gasteiger partial charge in [-0.05, 0) is 48.4 Å². The first-order chi connectivity index (χ1) is 10.1. The molecule has 1 aromatic heterocycles. The fourth-order valence-electron chi connectivity index (χ4n) is 2.27. The van der Waals surface area contributed by atoms with Crippen LogP contribution in [0.5, 0.6) is 0 Å². The topological polar surface area (TPSA) is 82.0 Å². The van der Waals surface area contributed by atoms with E-state index in [0.717, 1.165) is 36.4 Å². The number of thiophene rings is 1. The number of nitriles is 1. The van der Waals surface area contributed by atoms with E-state index < -0.39 is 10.0 Å². The lowest BCUT2D eigenvalue weighted by Gasteiger charge is -2.18. The van der Waals surface area contributed by atoms with E-state index in [0.29, 0.717) is 10.6 Å². The average Bonchev–Trinajstić information content (AvgIpc) is 2.96. The van der Waals surface area contributed by atoms with Crippen LogP contribution in [0.1, 0.15) is 16.0 Å². The third-order valence-electron chi connectivity index (χ3n) is 3.30. The van der Waals surface area contributed by atoms with Crippen LogP contribution >= 0.6 is 11.3 Å². The van der Waals surface area contributed by atoms with Crippen LogP contribution in [-0.2, 0) is 23.0 Å². The van der Waals surface area contributed by atoms with Crippen molar-refractivity contribution >= 4 is 27.0 Å². The molecule has 0 fully saturated rings. The van der Waals surface area contributed by atoms with Crippen molar-refractivity contribution in [3.05, 3.63) is 46.3 Å². The summed E-state index contributed by atoms with van der Waals surface area (Å²) in [6, 6.07) is 10.5. The van der Waals surface area contributed by atoms with Gasteiger partial charge in [0.15, 0.2) is 0 Å². The summed E-state index contributed by atoms with van der Waals surface area (Å²) in [7, 11) is -3.63. The number of hydrogen-bond donors (Lipinski definition) is 2. The molecule has 1 aromatic carbocycles. The highest BCUT2D eigenvalue weighted by Crippen LogP contribution is 2.25. The number of hydrogen-bond acceptors (Lipinski definition) is 5. The van der Waals surface area contributed by atoms with Gasteiger partial charge in [-0.1, -0.05) is 6.07 Å². The molecule has 2 aromatic rings. The molecule has 0 unspecified atom stereocenters. The molecule has 0 aliphatic carbocycles. The van der Waals surface area contributed by atoms with Crippen LogP contribution in [0.2, 0.25) is 0 Å². The van der Waals surface area contributed by atoms with E-state index in [2.05, 4.69) is 10.0 Å². The largest absolute Gasteiger partial charge is 0.312 e. The van der Waals surface area contributed by atoms with Gasteiger partial charge in [-0.2, -0.15) is 5.26 Å². The van der Waals surface area contributed by atoms with Gasteiger partial charge < -0.3 is 5.32 Å². The van der Waals surface area contributed by atoms with Crippen LogP contribution in [0.15, 0.2) is 34.5 Å². The molecular weight excluding hydrogens is 306 g/mol. The van der Waals surface area contributed by atoms with Crippen LogP contribution < -0.4 is 10.0 Å². The van der Waals surface area contributed by atoms with Gasteiger partial charge in [0, 0.05) is 12.2 Å². The summed E-state index contributed by atoms with van der Waals surface area (Å²) in [6.07, 6.45) is 0.957. The maximum atomic E-state index is 12.3. The van der Waals surface area contributed by atoms with Gasteiger partial charge in [-0.15, -0.1) is 11.3 Å². The molecule has 0 saturated heterocycles. The Hall–Kier alpha value is -1.88. The minimum Gasteiger partial charge on any atom is -0.312 e. The van der Waals surface area contributed by atoms with E-state index in [1.54, 1.807) is 6.07 Å². The highest BCUT2D eigenvalue weighted by Gasteiger charge is 2.18. The molecule has 0 radical (unpaired) electrons. The van der Waals surface area contributed by atoms with E-state index >= 15 is 0 Å². The standard InChI is InChI=1S/C14H13N3O2S2/c15-8-13-3-4-14(20-13)21(18,19)17-12-2-1-10-5-6-16-9-11(10)7-12/h1-4,7,16-17H,5-6,9H2. The third-order valence-corrected chi connectivity index (χ3v) is 6.16. The summed E-state index contributed by atoms with van der Waals surface area (Å²) in [5.41, 5.74) is 2.91. The van der Waals surface area contributed by atoms with Crippen LogP contribution in [0.3, 0.4) is 0 Å². The molecule has 3 rings (SSSR count). The molecule has 0 spiro atoms. The van der Waals surface area contributed by atoms with Crippen LogP contribution in [0, 0.1) is 11.3 Å². The smallest absolute Gasteiger partial charge is 0.271 e. The summed E-state index contributed by atoms with van der Waals surface area (Å²) < 4.78 is 27.3. The molecule has 2 N–H and O–H groups in total. The summed E-state index contributed by atoms with van der Waals surface area (Å²) in [5.74, 6) is 0. The number of rotatable bonds is 3. The molecule has 7 heteroatoms. The Kier molecular flexibility index (Phi) is 3.68. The summed E-state index contributed by atoms with van der Waals surface area (Å²) in [4.78, 5) is 0.380. The van der Waals surface area contributed by atoms with Crippen LogP contribution in [0.4, 0.5) is 5.69 Å². The van der Waals surface area contributed by atoms with Crippen molar-refractivity contribution in [3.8, 4) is 6.07 Å². The maximum Gasteiger partial charge on any atom is 0.271 e. The van der Waals surface area contributed by atoms with Gasteiger partial charge in [-0.3, -0.25) is 4.72 Å². The van der Waals surface area contributed by atoms with Gasteiger partial charge in [-0.25, -0.2) is 8.42 Å². The molecule has 108 valence electrons. The minimum atomic E-state index is -3.63. The fraction of sp³-hybridized carbons (Fsp3) is 0.214. The van der Waals surface area contributed by atoms with Gasteiger partial charge in [0.1, 0.15) is 15.2 Å². The monoisotopic (exact) mass is 319 g/mol. The van der Waals surface area contributed by atoms with E-state index in [1.807, 2.05) is 18.2 Å². The number of sulfonamides is 1. The predicted octanol–water partition coefficient (Wildman–Crippen LogP) is 2.07. The Morgan fingerprint density at radius 2 is 2.10 bits per heavy atom. The quantitative estimate of drug-likeness (QED) is 0.907. The lowest BCUT2D eigenvalue weighted by molar-refractivity contribution is 0.603. The fourth-order valence-corrected chi connectivity index (χ4v) is 4.43. The van der Waals surface area contributed by atoms with Crippen molar-refractivity contribution in [2.24, 2.45) is 0 Å². The second-order valence-electron chi connectivity index (χ2n) is 4.75. The highest BCUT2D eigenvalue weighted by atomic mass is 32.2. The van der Waals surface area contributed by atoms with E-state index in [-0.39, 0.29) is 4.21 Å². The van der Waals surface area contributed by atoms with Crippen molar-refractivity contribution < 1.29 is 8.42 Å². The Balaban J connectivity index is 1.87. The molecule has 0 amide bonds. The second-order valence-corrected chi connectivity index (χ2v) is 7.74. The first-order valence-electron chi connectivity index (χ1n) is 6.44. The molecule has 5 nitrogen and oxygen atoms in total. The summed E-state index contributed by atoms with van der Waals surface area (Å²) in [5, 5.41) is 12.0. The van der Waals surface area contributed by atoms with Crippen molar-refractivity contribution in [2.75, 3.05) is 11.3 Å². The number of fused-ring (bicyclic) bond motifs is 1. The lowest BCUT2D eigenvalue weighted by Crippen LogP contribution is -2.23. The Morgan fingerprint density at radius 3 is 2.86 bits per heavy atom. The van der Waals surface area contributed by atoms with Crippen molar-refractivity contribution in [1.82, 2.24) is 5.32 Å². The van der Waals surface area contributed by atoms with Crippen molar-refractivity contribution in [2.45, 2.75) is 17.2 Å². The molecule has 0 saturated carbocycles. The predicted molar refractivity (Wildman–Crippen MR) is 81.7 cm³/mol. The van der Waals surface area contributed by atoms with Gasteiger partial charge in [0.25, 0.3) is 10.0 Å². The SMILES string of the molecule is N#Cc1ccc(S(=O)(=O)Nc2ccc3c(c2)CNCC3)s1. The Bertz CT molecular complexity index is 819. The Morgan fingerprint density at radius 1 is 1.24 bits per heavy atom. The number of nitrogens with one attached hydrogen (secondary N) is 2. The van der Waals surface area contributed by atoms with Crippen LogP contribution in [-0.4, -0.2) is 15.0 Å². The summed E-state index contributed by atoms with van der Waals surface area (Å²) >= 11 is 0.964. The zero-order chi connectivity index (χ0) is 14.9. The molecule has 21 heavy (non-hydrogen) atoms. The van der Waals surface area contributed by atoms with Crippen molar-refractivity contribution in [1.29, 1.82) is 5.26 Å². The minimum absolute atomic E-state index is 0.148. The van der Waals surface area contributed by atoms with Crippen LogP contribution in [0.25, 0.3) is 0 Å². The highest BCUT2D eigenvalue weighted by molar-refractivity contribution is 7.94. The Labute approximate surface area is 127 Å². The zero-order valence-corrected chi connectivity index (χ0v) is 12.7.